The van der Waals surface area contributed by atoms with E-state index >= 15 is 0 Å². The number of hydrogen-bond acceptors (Lipinski definition) is 6. The molecule has 0 bridgehead atoms. The summed E-state index contributed by atoms with van der Waals surface area (Å²) in [6, 6.07) is 7.63. The van der Waals surface area contributed by atoms with Crippen LogP contribution in [0.2, 0.25) is 0 Å². The first-order valence-corrected chi connectivity index (χ1v) is 12.0. The van der Waals surface area contributed by atoms with Gasteiger partial charge in [0.15, 0.2) is 5.03 Å². The van der Waals surface area contributed by atoms with Gasteiger partial charge in [0.2, 0.25) is 5.91 Å². The smallest absolute Gasteiger partial charge is 0.261 e. The number of halogens is 1. The highest BCUT2D eigenvalue weighted by molar-refractivity contribution is 9.10. The number of nitrogens with zero attached hydrogens (tertiary/aromatic N) is 4. The molecule has 7 nitrogen and oxygen atoms in total. The molecule has 0 unspecified atom stereocenters. The highest BCUT2D eigenvalue weighted by Crippen LogP contribution is 2.28. The van der Waals surface area contributed by atoms with Gasteiger partial charge in [0.05, 0.1) is 6.54 Å². The molecule has 2 heterocycles. The van der Waals surface area contributed by atoms with Gasteiger partial charge in [0, 0.05) is 49.1 Å². The van der Waals surface area contributed by atoms with Crippen LogP contribution in [-0.4, -0.2) is 80.2 Å². The first-order chi connectivity index (χ1) is 13.3. The number of carbonyl (C=O) groups excluding carboxylic acids is 1. The quantitative estimate of drug-likeness (QED) is 0.648. The van der Waals surface area contributed by atoms with Crippen molar-refractivity contribution in [1.29, 1.82) is 0 Å². The van der Waals surface area contributed by atoms with E-state index in [2.05, 4.69) is 20.9 Å². The van der Waals surface area contributed by atoms with Crippen LogP contribution >= 0.6 is 27.3 Å². The third-order valence-corrected chi connectivity index (χ3v) is 7.94. The number of carbonyl (C=O) groups is 1. The maximum Gasteiger partial charge on any atom is 0.261 e. The number of amides is 1. The molecular weight excluding hydrogens is 464 g/mol. The van der Waals surface area contributed by atoms with Crippen LogP contribution in [0.5, 0.6) is 0 Å². The molecule has 1 fully saturated rings. The zero-order chi connectivity index (χ0) is 20.3. The summed E-state index contributed by atoms with van der Waals surface area (Å²) < 4.78 is 28.5. The Hall–Kier alpha value is -1.33. The molecule has 1 aromatic carbocycles. The third-order valence-electron chi connectivity index (χ3n) is 4.58. The van der Waals surface area contributed by atoms with Crippen molar-refractivity contribution < 1.29 is 13.2 Å². The SMILES string of the molecule is CN(C)C(=O)CN1CCCN(S(=O)(=O)c2csc(-c3ccc(Br)cc3)n2)CC1. The summed E-state index contributed by atoms with van der Waals surface area (Å²) >= 11 is 4.72. The van der Waals surface area contributed by atoms with Gasteiger partial charge in [-0.2, -0.15) is 4.31 Å². The average molecular weight is 487 g/mol. The number of sulfonamides is 1. The van der Waals surface area contributed by atoms with Crippen LogP contribution in [0.15, 0.2) is 39.1 Å². The van der Waals surface area contributed by atoms with Crippen molar-refractivity contribution in [3.63, 3.8) is 0 Å². The van der Waals surface area contributed by atoms with Gasteiger partial charge in [0.25, 0.3) is 10.0 Å². The zero-order valence-corrected chi connectivity index (χ0v) is 19.1. The van der Waals surface area contributed by atoms with Gasteiger partial charge in [-0.15, -0.1) is 11.3 Å². The van der Waals surface area contributed by atoms with E-state index < -0.39 is 10.0 Å². The Morgan fingerprint density at radius 2 is 1.89 bits per heavy atom. The summed E-state index contributed by atoms with van der Waals surface area (Å²) in [5.74, 6) is 0.0231. The Kier molecular flexibility index (Phi) is 6.87. The molecule has 152 valence electrons. The van der Waals surface area contributed by atoms with Crippen LogP contribution in [0, 0.1) is 0 Å². The second-order valence-corrected chi connectivity index (χ2v) is 10.5. The molecule has 0 spiro atoms. The number of thiazole rings is 1. The van der Waals surface area contributed by atoms with Crippen molar-refractivity contribution in [3.05, 3.63) is 34.1 Å². The minimum Gasteiger partial charge on any atom is -0.348 e. The Labute approximate surface area is 178 Å². The van der Waals surface area contributed by atoms with Crippen LogP contribution in [0.25, 0.3) is 10.6 Å². The Balaban J connectivity index is 1.71. The van der Waals surface area contributed by atoms with E-state index in [4.69, 9.17) is 0 Å². The summed E-state index contributed by atoms with van der Waals surface area (Å²) in [6.45, 7) is 2.33. The topological polar surface area (TPSA) is 73.8 Å². The van der Waals surface area contributed by atoms with Gasteiger partial charge in [-0.05, 0) is 25.1 Å². The lowest BCUT2D eigenvalue weighted by molar-refractivity contribution is -0.129. The molecule has 0 atom stereocenters. The maximum atomic E-state index is 13.0. The van der Waals surface area contributed by atoms with Crippen LogP contribution in [0.1, 0.15) is 6.42 Å². The van der Waals surface area contributed by atoms with Gasteiger partial charge in [-0.3, -0.25) is 9.69 Å². The molecule has 1 saturated heterocycles. The summed E-state index contributed by atoms with van der Waals surface area (Å²) in [4.78, 5) is 19.9. The van der Waals surface area contributed by atoms with Crippen LogP contribution in [0.4, 0.5) is 0 Å². The zero-order valence-electron chi connectivity index (χ0n) is 15.8. The lowest BCUT2D eigenvalue weighted by atomic mass is 10.2. The molecule has 10 heteroatoms. The maximum absolute atomic E-state index is 13.0. The van der Waals surface area contributed by atoms with E-state index in [1.165, 1.54) is 15.6 Å². The molecular formula is C18H23BrN4O3S2. The van der Waals surface area contributed by atoms with Gasteiger partial charge in [-0.1, -0.05) is 28.1 Å². The van der Waals surface area contributed by atoms with Crippen molar-refractivity contribution in [2.75, 3.05) is 46.8 Å². The van der Waals surface area contributed by atoms with E-state index in [-0.39, 0.29) is 10.9 Å². The van der Waals surface area contributed by atoms with Gasteiger partial charge < -0.3 is 4.90 Å². The Bertz CT molecular complexity index is 929. The molecule has 0 radical (unpaired) electrons. The summed E-state index contributed by atoms with van der Waals surface area (Å²) in [6.07, 6.45) is 0.684. The number of likely N-dealkylation sites (N-methyl/N-ethyl adjacent to an activating group) is 1. The lowest BCUT2D eigenvalue weighted by Crippen LogP contribution is -2.39. The fraction of sp³-hybridized carbons (Fsp3) is 0.444. The summed E-state index contributed by atoms with van der Waals surface area (Å²) in [5.41, 5.74) is 0.888. The molecule has 28 heavy (non-hydrogen) atoms. The second kappa shape index (κ2) is 9.00. The van der Waals surface area contributed by atoms with Crippen molar-refractivity contribution in [2.24, 2.45) is 0 Å². The van der Waals surface area contributed by atoms with Crippen LogP contribution in [-0.2, 0) is 14.8 Å². The van der Waals surface area contributed by atoms with Gasteiger partial charge in [0.1, 0.15) is 5.01 Å². The first-order valence-electron chi connectivity index (χ1n) is 8.91. The molecule has 1 amide bonds. The Morgan fingerprint density at radius 3 is 2.57 bits per heavy atom. The van der Waals surface area contributed by atoms with E-state index in [0.717, 1.165) is 10.0 Å². The van der Waals surface area contributed by atoms with Crippen LogP contribution < -0.4 is 0 Å². The molecule has 1 aliphatic rings. The number of hydrogen-bond donors (Lipinski definition) is 0. The second-order valence-electron chi connectivity index (χ2n) is 6.82. The molecule has 0 saturated carbocycles. The molecule has 2 aromatic rings. The summed E-state index contributed by atoms with van der Waals surface area (Å²) in [7, 11) is -0.199. The van der Waals surface area contributed by atoms with Crippen LogP contribution in [0.3, 0.4) is 0 Å². The first kappa shape index (κ1) is 21.4. The molecule has 1 aromatic heterocycles. The Morgan fingerprint density at radius 1 is 1.18 bits per heavy atom. The monoisotopic (exact) mass is 486 g/mol. The summed E-state index contributed by atoms with van der Waals surface area (Å²) in [5, 5.41) is 2.37. The predicted octanol–water partition coefficient (Wildman–Crippen LogP) is 2.36. The van der Waals surface area contributed by atoms with Crippen molar-refractivity contribution in [1.82, 2.24) is 19.1 Å². The van der Waals surface area contributed by atoms with E-state index in [1.807, 2.05) is 29.2 Å². The average Bonchev–Trinajstić information content (AvgIpc) is 3.04. The van der Waals surface area contributed by atoms with Crippen molar-refractivity contribution >= 4 is 43.2 Å². The fourth-order valence-corrected chi connectivity index (χ4v) is 5.72. The van der Waals surface area contributed by atoms with Crippen molar-refractivity contribution in [2.45, 2.75) is 11.4 Å². The van der Waals surface area contributed by atoms with E-state index in [1.54, 1.807) is 24.4 Å². The highest BCUT2D eigenvalue weighted by atomic mass is 79.9. The number of benzene rings is 1. The molecule has 3 rings (SSSR count). The fourth-order valence-electron chi connectivity index (χ4n) is 2.91. The van der Waals surface area contributed by atoms with Crippen molar-refractivity contribution in [3.8, 4) is 10.6 Å². The molecule has 0 aliphatic carbocycles. The number of aromatic nitrogens is 1. The normalized spacial score (nSPS) is 16.7. The predicted molar refractivity (Wildman–Crippen MR) is 114 cm³/mol. The van der Waals surface area contributed by atoms with Gasteiger partial charge in [-0.25, -0.2) is 13.4 Å². The van der Waals surface area contributed by atoms with E-state index in [9.17, 15) is 13.2 Å². The minimum atomic E-state index is -3.65. The highest BCUT2D eigenvalue weighted by Gasteiger charge is 2.29. The standard InChI is InChI=1S/C18H23BrN4O3S2/c1-21(2)17(24)12-22-8-3-9-23(11-10-22)28(25,26)16-13-27-18(20-16)14-4-6-15(19)7-5-14/h4-7,13H,3,8-12H2,1-2H3. The van der Waals surface area contributed by atoms with Gasteiger partial charge >= 0.3 is 0 Å². The number of rotatable bonds is 5. The largest absolute Gasteiger partial charge is 0.348 e. The molecule has 0 N–H and O–H groups in total. The third kappa shape index (κ3) is 4.98. The molecule has 1 aliphatic heterocycles. The van der Waals surface area contributed by atoms with E-state index in [0.29, 0.717) is 44.2 Å². The minimum absolute atomic E-state index is 0.0231. The lowest BCUT2D eigenvalue weighted by Gasteiger charge is -2.22.